The Hall–Kier alpha value is -3.87. The molecule has 0 radical (unpaired) electrons. The SMILES string of the molecule is CCNc1cc(Nc2ccc(NC(=O)/C=C/c3ccc(OC)cc3)cc2)nc(C)n1. The van der Waals surface area contributed by atoms with Crippen LogP contribution < -0.4 is 20.7 Å². The predicted octanol–water partition coefficient (Wildman–Crippen LogP) is 4.62. The van der Waals surface area contributed by atoms with Crippen molar-refractivity contribution in [3.63, 3.8) is 0 Å². The van der Waals surface area contributed by atoms with Crippen molar-refractivity contribution >= 4 is 35.0 Å². The molecule has 0 fully saturated rings. The van der Waals surface area contributed by atoms with Crippen molar-refractivity contribution in [2.24, 2.45) is 0 Å². The monoisotopic (exact) mass is 403 g/mol. The van der Waals surface area contributed by atoms with E-state index >= 15 is 0 Å². The summed E-state index contributed by atoms with van der Waals surface area (Å²) >= 11 is 0. The summed E-state index contributed by atoms with van der Waals surface area (Å²) in [5.74, 6) is 2.75. The van der Waals surface area contributed by atoms with Crippen LogP contribution in [0.4, 0.5) is 23.0 Å². The molecule has 0 saturated heterocycles. The predicted molar refractivity (Wildman–Crippen MR) is 121 cm³/mol. The number of benzene rings is 2. The number of aryl methyl sites for hydroxylation is 1. The van der Waals surface area contributed by atoms with Crippen molar-refractivity contribution in [1.82, 2.24) is 9.97 Å². The first kappa shape index (κ1) is 20.9. The van der Waals surface area contributed by atoms with Gasteiger partial charge in [-0.25, -0.2) is 9.97 Å². The Morgan fingerprint density at radius 1 is 1.00 bits per heavy atom. The van der Waals surface area contributed by atoms with Crippen LogP contribution in [-0.2, 0) is 4.79 Å². The average molecular weight is 403 g/mol. The van der Waals surface area contributed by atoms with Crippen molar-refractivity contribution in [2.75, 3.05) is 29.6 Å². The van der Waals surface area contributed by atoms with E-state index in [1.54, 1.807) is 13.2 Å². The summed E-state index contributed by atoms with van der Waals surface area (Å²) in [5, 5.41) is 9.28. The zero-order chi connectivity index (χ0) is 21.3. The fraction of sp³-hybridized carbons (Fsp3) is 0.174. The number of carbonyl (C=O) groups excluding carboxylic acids is 1. The first-order valence-electron chi connectivity index (χ1n) is 9.65. The Morgan fingerprint density at radius 2 is 1.67 bits per heavy atom. The number of anilines is 4. The molecule has 1 amide bonds. The number of nitrogens with one attached hydrogen (secondary N) is 3. The van der Waals surface area contributed by atoms with E-state index in [2.05, 4.69) is 25.9 Å². The number of rotatable bonds is 8. The van der Waals surface area contributed by atoms with Gasteiger partial charge in [0.15, 0.2) is 0 Å². The number of ether oxygens (including phenoxy) is 1. The minimum atomic E-state index is -0.201. The van der Waals surface area contributed by atoms with E-state index in [1.165, 1.54) is 6.08 Å². The molecule has 0 aliphatic carbocycles. The molecule has 0 saturated carbocycles. The number of nitrogens with zero attached hydrogens (tertiary/aromatic N) is 2. The van der Waals surface area contributed by atoms with Gasteiger partial charge in [0.25, 0.3) is 0 Å². The molecule has 0 aliphatic heterocycles. The molecule has 7 nitrogen and oxygen atoms in total. The Bertz CT molecular complexity index is 1010. The molecule has 2 aromatic carbocycles. The number of hydrogen-bond acceptors (Lipinski definition) is 6. The molecule has 0 spiro atoms. The molecule has 1 heterocycles. The zero-order valence-corrected chi connectivity index (χ0v) is 17.3. The van der Waals surface area contributed by atoms with Crippen molar-refractivity contribution in [3.8, 4) is 5.75 Å². The van der Waals surface area contributed by atoms with E-state index in [9.17, 15) is 4.79 Å². The molecular weight excluding hydrogens is 378 g/mol. The van der Waals surface area contributed by atoms with E-state index < -0.39 is 0 Å². The van der Waals surface area contributed by atoms with Crippen LogP contribution >= 0.6 is 0 Å². The summed E-state index contributed by atoms with van der Waals surface area (Å²) in [6.07, 6.45) is 3.25. The minimum absolute atomic E-state index is 0.201. The maximum absolute atomic E-state index is 12.2. The highest BCUT2D eigenvalue weighted by molar-refractivity contribution is 6.02. The molecule has 7 heteroatoms. The van der Waals surface area contributed by atoms with Gasteiger partial charge in [0.1, 0.15) is 23.2 Å². The van der Waals surface area contributed by atoms with E-state index in [-0.39, 0.29) is 5.91 Å². The molecule has 3 rings (SSSR count). The fourth-order valence-corrected chi connectivity index (χ4v) is 2.76. The van der Waals surface area contributed by atoms with Crippen LogP contribution in [0.15, 0.2) is 60.7 Å². The number of carbonyl (C=O) groups is 1. The lowest BCUT2D eigenvalue weighted by Gasteiger charge is -2.10. The van der Waals surface area contributed by atoms with Crippen LogP contribution in [0.5, 0.6) is 5.75 Å². The third kappa shape index (κ3) is 6.07. The van der Waals surface area contributed by atoms with Gasteiger partial charge in [-0.3, -0.25) is 4.79 Å². The second kappa shape index (κ2) is 10.1. The second-order valence-electron chi connectivity index (χ2n) is 6.51. The Balaban J connectivity index is 1.58. The number of aromatic nitrogens is 2. The van der Waals surface area contributed by atoms with Gasteiger partial charge < -0.3 is 20.7 Å². The highest BCUT2D eigenvalue weighted by Crippen LogP contribution is 2.20. The Kier molecular flexibility index (Phi) is 7.00. The van der Waals surface area contributed by atoms with Gasteiger partial charge in [-0.05, 0) is 61.9 Å². The normalized spacial score (nSPS) is 10.6. The van der Waals surface area contributed by atoms with Gasteiger partial charge in [0, 0.05) is 30.1 Å². The zero-order valence-electron chi connectivity index (χ0n) is 17.3. The molecule has 0 unspecified atom stereocenters. The lowest BCUT2D eigenvalue weighted by Crippen LogP contribution is -2.07. The van der Waals surface area contributed by atoms with Gasteiger partial charge >= 0.3 is 0 Å². The van der Waals surface area contributed by atoms with Gasteiger partial charge in [0.2, 0.25) is 5.91 Å². The Morgan fingerprint density at radius 3 is 2.33 bits per heavy atom. The molecule has 0 atom stereocenters. The highest BCUT2D eigenvalue weighted by atomic mass is 16.5. The van der Waals surface area contributed by atoms with E-state index in [0.29, 0.717) is 17.3 Å². The number of methoxy groups -OCH3 is 1. The molecular formula is C23H25N5O2. The molecule has 3 N–H and O–H groups in total. The summed E-state index contributed by atoms with van der Waals surface area (Å²) in [7, 11) is 1.62. The summed E-state index contributed by atoms with van der Waals surface area (Å²) in [6.45, 7) is 4.66. The molecule has 0 bridgehead atoms. The summed E-state index contributed by atoms with van der Waals surface area (Å²) in [6, 6.07) is 16.8. The quantitative estimate of drug-likeness (QED) is 0.476. The maximum Gasteiger partial charge on any atom is 0.248 e. The van der Waals surface area contributed by atoms with Crippen LogP contribution in [0.2, 0.25) is 0 Å². The minimum Gasteiger partial charge on any atom is -0.497 e. The van der Waals surface area contributed by atoms with E-state index in [4.69, 9.17) is 4.74 Å². The Labute approximate surface area is 176 Å². The third-order valence-corrected chi connectivity index (χ3v) is 4.16. The van der Waals surface area contributed by atoms with Gasteiger partial charge in [-0.15, -0.1) is 0 Å². The van der Waals surface area contributed by atoms with Crippen LogP contribution in [0.3, 0.4) is 0 Å². The third-order valence-electron chi connectivity index (χ3n) is 4.16. The second-order valence-corrected chi connectivity index (χ2v) is 6.51. The van der Waals surface area contributed by atoms with Crippen molar-refractivity contribution in [3.05, 3.63) is 72.1 Å². The van der Waals surface area contributed by atoms with Crippen LogP contribution in [0.1, 0.15) is 18.3 Å². The smallest absolute Gasteiger partial charge is 0.248 e. The van der Waals surface area contributed by atoms with Crippen molar-refractivity contribution in [1.29, 1.82) is 0 Å². The summed E-state index contributed by atoms with van der Waals surface area (Å²) < 4.78 is 5.12. The van der Waals surface area contributed by atoms with Gasteiger partial charge in [-0.1, -0.05) is 12.1 Å². The molecule has 1 aromatic heterocycles. The van der Waals surface area contributed by atoms with Crippen molar-refractivity contribution in [2.45, 2.75) is 13.8 Å². The van der Waals surface area contributed by atoms with Crippen molar-refractivity contribution < 1.29 is 9.53 Å². The molecule has 154 valence electrons. The van der Waals surface area contributed by atoms with Crippen LogP contribution in [0, 0.1) is 6.92 Å². The largest absolute Gasteiger partial charge is 0.497 e. The molecule has 30 heavy (non-hydrogen) atoms. The number of hydrogen-bond donors (Lipinski definition) is 3. The highest BCUT2D eigenvalue weighted by Gasteiger charge is 2.03. The molecule has 0 aliphatic rings. The molecule has 3 aromatic rings. The van der Waals surface area contributed by atoms with Gasteiger partial charge in [-0.2, -0.15) is 0 Å². The van der Waals surface area contributed by atoms with Crippen LogP contribution in [-0.4, -0.2) is 29.5 Å². The first-order chi connectivity index (χ1) is 14.6. The van der Waals surface area contributed by atoms with Crippen LogP contribution in [0.25, 0.3) is 6.08 Å². The van der Waals surface area contributed by atoms with Gasteiger partial charge in [0.05, 0.1) is 7.11 Å². The maximum atomic E-state index is 12.2. The van der Waals surface area contributed by atoms with E-state index in [1.807, 2.05) is 68.4 Å². The summed E-state index contributed by atoms with van der Waals surface area (Å²) in [5.41, 5.74) is 2.49. The first-order valence-corrected chi connectivity index (χ1v) is 9.65. The lowest BCUT2D eigenvalue weighted by molar-refractivity contribution is -0.111. The topological polar surface area (TPSA) is 88.2 Å². The van der Waals surface area contributed by atoms with E-state index in [0.717, 1.165) is 29.4 Å². The fourth-order valence-electron chi connectivity index (χ4n) is 2.76. The average Bonchev–Trinajstić information content (AvgIpc) is 2.74. The summed E-state index contributed by atoms with van der Waals surface area (Å²) in [4.78, 5) is 20.9. The standard InChI is InChI=1S/C23H25N5O2/c1-4-24-21-15-22(26-16(2)25-21)27-18-8-10-19(11-9-18)28-23(29)14-7-17-5-12-20(30-3)13-6-17/h5-15H,4H2,1-3H3,(H,28,29)(H2,24,25,26,27)/b14-7+. The number of amides is 1. The lowest BCUT2D eigenvalue weighted by atomic mass is 10.2.